The predicted molar refractivity (Wildman–Crippen MR) is 109 cm³/mol. The van der Waals surface area contributed by atoms with Gasteiger partial charge in [-0.1, -0.05) is 0 Å². The lowest BCUT2D eigenvalue weighted by molar-refractivity contribution is 0.0712. The molecule has 2 aromatic rings. The van der Waals surface area contributed by atoms with Gasteiger partial charge in [0.15, 0.2) is 5.82 Å². The standard InChI is InChI=1S/C19H25N5O3S2/c25-19(16-15(7-12-28-16)29(26,27)24-8-1-2-9-24)23-10-5-14(6-11-23)18-20-17(21-22-18)13-3-4-13/h7,12-14H,1-6,8-11H2,(H,20,21,22). The number of amides is 1. The van der Waals surface area contributed by atoms with Crippen LogP contribution in [-0.2, 0) is 10.0 Å². The second kappa shape index (κ2) is 7.48. The van der Waals surface area contributed by atoms with Crippen molar-refractivity contribution in [3.05, 3.63) is 28.0 Å². The van der Waals surface area contributed by atoms with Gasteiger partial charge in [0.05, 0.1) is 0 Å². The van der Waals surface area contributed by atoms with Crippen molar-refractivity contribution in [2.24, 2.45) is 0 Å². The van der Waals surface area contributed by atoms with Crippen LogP contribution >= 0.6 is 11.3 Å². The van der Waals surface area contributed by atoms with E-state index in [2.05, 4.69) is 15.2 Å². The van der Waals surface area contributed by atoms with Gasteiger partial charge in [0, 0.05) is 38.0 Å². The van der Waals surface area contributed by atoms with Gasteiger partial charge in [-0.3, -0.25) is 9.89 Å². The van der Waals surface area contributed by atoms with Crippen LogP contribution in [-0.4, -0.2) is 64.9 Å². The van der Waals surface area contributed by atoms with E-state index in [0.29, 0.717) is 37.0 Å². The van der Waals surface area contributed by atoms with Crippen LogP contribution in [0.3, 0.4) is 0 Å². The van der Waals surface area contributed by atoms with Crippen molar-refractivity contribution in [2.45, 2.75) is 55.3 Å². The molecule has 0 atom stereocenters. The van der Waals surface area contributed by atoms with Crippen LogP contribution in [0.15, 0.2) is 16.3 Å². The van der Waals surface area contributed by atoms with Crippen LogP contribution in [0.4, 0.5) is 0 Å². The summed E-state index contributed by atoms with van der Waals surface area (Å²) in [6, 6.07) is 1.58. The van der Waals surface area contributed by atoms with E-state index in [1.807, 2.05) is 0 Å². The maximum atomic E-state index is 13.1. The van der Waals surface area contributed by atoms with Crippen molar-refractivity contribution in [1.82, 2.24) is 24.4 Å². The molecule has 1 saturated carbocycles. The Morgan fingerprint density at radius 2 is 1.79 bits per heavy atom. The van der Waals surface area contributed by atoms with Crippen LogP contribution in [0, 0.1) is 0 Å². The number of hydrogen-bond donors (Lipinski definition) is 1. The Morgan fingerprint density at radius 1 is 1.07 bits per heavy atom. The van der Waals surface area contributed by atoms with Gasteiger partial charge in [-0.25, -0.2) is 13.4 Å². The monoisotopic (exact) mass is 435 g/mol. The molecule has 156 valence electrons. The van der Waals surface area contributed by atoms with Gasteiger partial charge in [0.2, 0.25) is 10.0 Å². The summed E-state index contributed by atoms with van der Waals surface area (Å²) < 4.78 is 27.4. The average Bonchev–Trinajstić information content (AvgIpc) is 3.18. The average molecular weight is 436 g/mol. The van der Waals surface area contributed by atoms with Crippen molar-refractivity contribution in [3.8, 4) is 0 Å². The van der Waals surface area contributed by atoms with Crippen LogP contribution < -0.4 is 0 Å². The Hall–Kier alpha value is -1.78. The lowest BCUT2D eigenvalue weighted by Gasteiger charge is -2.31. The molecule has 0 unspecified atom stereocenters. The van der Waals surface area contributed by atoms with Gasteiger partial charge < -0.3 is 4.90 Å². The van der Waals surface area contributed by atoms with E-state index in [1.54, 1.807) is 16.3 Å². The quantitative estimate of drug-likeness (QED) is 0.778. The molecule has 0 spiro atoms. The summed E-state index contributed by atoms with van der Waals surface area (Å²) in [5.41, 5.74) is 0. The number of thiophene rings is 1. The van der Waals surface area contributed by atoms with Crippen LogP contribution in [0.25, 0.3) is 0 Å². The molecule has 1 amide bonds. The molecule has 5 rings (SSSR count). The lowest BCUT2D eigenvalue weighted by Crippen LogP contribution is -2.38. The first kappa shape index (κ1) is 19.2. The Bertz CT molecular complexity index is 997. The smallest absolute Gasteiger partial charge is 0.265 e. The Morgan fingerprint density at radius 3 is 2.48 bits per heavy atom. The van der Waals surface area contributed by atoms with E-state index < -0.39 is 10.0 Å². The van der Waals surface area contributed by atoms with Crippen LogP contribution in [0.5, 0.6) is 0 Å². The first-order valence-electron chi connectivity index (χ1n) is 10.3. The predicted octanol–water partition coefficient (Wildman–Crippen LogP) is 2.55. The fraction of sp³-hybridized carbons (Fsp3) is 0.632. The molecule has 4 heterocycles. The third kappa shape index (κ3) is 3.62. The number of aromatic amines is 1. The molecule has 29 heavy (non-hydrogen) atoms. The van der Waals surface area contributed by atoms with Crippen molar-refractivity contribution in [3.63, 3.8) is 0 Å². The van der Waals surface area contributed by atoms with Gasteiger partial charge in [-0.15, -0.1) is 11.3 Å². The minimum Gasteiger partial charge on any atom is -0.338 e. The minimum atomic E-state index is -3.59. The minimum absolute atomic E-state index is 0.167. The molecule has 3 aliphatic rings. The van der Waals surface area contributed by atoms with E-state index in [0.717, 1.165) is 37.3 Å². The fourth-order valence-corrected chi connectivity index (χ4v) is 7.10. The number of likely N-dealkylation sites (tertiary alicyclic amines) is 1. The summed E-state index contributed by atoms with van der Waals surface area (Å²) in [4.78, 5) is 20.0. The summed E-state index contributed by atoms with van der Waals surface area (Å²) in [7, 11) is -3.59. The molecule has 2 aromatic heterocycles. The number of rotatable bonds is 5. The van der Waals surface area contributed by atoms with Crippen molar-refractivity contribution in [1.29, 1.82) is 0 Å². The SMILES string of the molecule is O=C(c1sccc1S(=O)(=O)N1CCCC1)N1CCC(c2nc(C3CC3)n[nH]2)CC1. The highest BCUT2D eigenvalue weighted by atomic mass is 32.2. The lowest BCUT2D eigenvalue weighted by atomic mass is 9.96. The van der Waals surface area contributed by atoms with Gasteiger partial charge in [0.1, 0.15) is 15.6 Å². The summed E-state index contributed by atoms with van der Waals surface area (Å²) in [5, 5.41) is 9.12. The molecule has 0 radical (unpaired) electrons. The Balaban J connectivity index is 1.27. The number of sulfonamides is 1. The molecule has 3 fully saturated rings. The molecular weight excluding hydrogens is 410 g/mol. The molecule has 2 aliphatic heterocycles. The summed E-state index contributed by atoms with van der Waals surface area (Å²) in [6.45, 7) is 2.28. The summed E-state index contributed by atoms with van der Waals surface area (Å²) >= 11 is 1.22. The topological polar surface area (TPSA) is 99.3 Å². The van der Waals surface area contributed by atoms with Crippen molar-refractivity contribution < 1.29 is 13.2 Å². The van der Waals surface area contributed by atoms with Gasteiger partial charge in [-0.2, -0.15) is 9.40 Å². The number of hydrogen-bond acceptors (Lipinski definition) is 6. The Labute approximate surface area is 174 Å². The Kier molecular flexibility index (Phi) is 4.95. The van der Waals surface area contributed by atoms with Crippen molar-refractivity contribution >= 4 is 27.3 Å². The second-order valence-corrected chi connectivity index (χ2v) is 11.0. The maximum Gasteiger partial charge on any atom is 0.265 e. The number of carbonyl (C=O) groups excluding carboxylic acids is 1. The molecule has 0 bridgehead atoms. The van der Waals surface area contributed by atoms with Crippen molar-refractivity contribution in [2.75, 3.05) is 26.2 Å². The molecule has 2 saturated heterocycles. The zero-order valence-corrected chi connectivity index (χ0v) is 17.8. The molecule has 0 aromatic carbocycles. The third-order valence-electron chi connectivity index (χ3n) is 6.14. The van der Waals surface area contributed by atoms with E-state index in [9.17, 15) is 13.2 Å². The third-order valence-corrected chi connectivity index (χ3v) is 9.11. The maximum absolute atomic E-state index is 13.1. The first-order valence-corrected chi connectivity index (χ1v) is 12.6. The van der Waals surface area contributed by atoms with Gasteiger partial charge >= 0.3 is 0 Å². The highest BCUT2D eigenvalue weighted by Gasteiger charge is 2.35. The van der Waals surface area contributed by atoms with E-state index in [4.69, 9.17) is 0 Å². The zero-order chi connectivity index (χ0) is 20.0. The molecule has 10 heteroatoms. The van der Waals surface area contributed by atoms with Crippen LogP contribution in [0.2, 0.25) is 0 Å². The number of nitrogens with zero attached hydrogens (tertiary/aromatic N) is 4. The summed E-state index contributed by atoms with van der Waals surface area (Å²) in [6.07, 6.45) is 5.73. The molecule has 1 aliphatic carbocycles. The number of aromatic nitrogens is 3. The second-order valence-electron chi connectivity index (χ2n) is 8.14. The molecular formula is C19H25N5O3S2. The molecule has 8 nitrogen and oxygen atoms in total. The number of nitrogens with one attached hydrogen (secondary N) is 1. The zero-order valence-electron chi connectivity index (χ0n) is 16.2. The first-order chi connectivity index (χ1) is 14.0. The highest BCUT2D eigenvalue weighted by Crippen LogP contribution is 2.39. The fourth-order valence-electron chi connectivity index (χ4n) is 4.22. The van der Waals surface area contributed by atoms with Crippen LogP contribution in [0.1, 0.15) is 71.7 Å². The molecule has 1 N–H and O–H groups in total. The summed E-state index contributed by atoms with van der Waals surface area (Å²) in [5.74, 6) is 2.47. The van der Waals surface area contributed by atoms with E-state index in [-0.39, 0.29) is 16.7 Å². The number of H-pyrrole nitrogens is 1. The van der Waals surface area contributed by atoms with Gasteiger partial charge in [-0.05, 0) is 50.0 Å². The van der Waals surface area contributed by atoms with Gasteiger partial charge in [0.25, 0.3) is 5.91 Å². The number of piperidine rings is 1. The number of carbonyl (C=O) groups is 1. The largest absolute Gasteiger partial charge is 0.338 e. The normalized spacial score (nSPS) is 21.7. The van der Waals surface area contributed by atoms with E-state index in [1.165, 1.54) is 28.5 Å². The van der Waals surface area contributed by atoms with E-state index >= 15 is 0 Å². The highest BCUT2D eigenvalue weighted by molar-refractivity contribution is 7.89.